The van der Waals surface area contributed by atoms with Gasteiger partial charge in [-0.1, -0.05) is 130 Å². The van der Waals surface area contributed by atoms with Crippen LogP contribution in [-0.4, -0.2) is 32.1 Å². The summed E-state index contributed by atoms with van der Waals surface area (Å²) in [6.07, 6.45) is 11.9. The predicted molar refractivity (Wildman–Crippen MR) is 197 cm³/mol. The molecule has 3 aromatic carbocycles. The maximum Gasteiger partial charge on any atom is 0.138 e. The molecule has 238 valence electrons. The van der Waals surface area contributed by atoms with Crippen LogP contribution in [0.1, 0.15) is 69.4 Å². The summed E-state index contributed by atoms with van der Waals surface area (Å²) in [5.74, 6) is 2.52. The number of nitrogens with zero attached hydrogens (tertiary/aromatic N) is 1. The summed E-state index contributed by atoms with van der Waals surface area (Å²) in [7, 11) is 4.04. The Labute approximate surface area is 282 Å². The SMILES string of the molecule is CC(C)/C=C/c1ccc(Cl)c(OCCN(C)C)c1.CC(C)C1=Cc2cc(Cl)ccc2C1.Cc1cc(Cl)cc(/C=C/C(C)C)c1. The van der Waals surface area contributed by atoms with Crippen LogP contribution in [0.15, 0.2) is 72.3 Å². The van der Waals surface area contributed by atoms with Gasteiger partial charge in [-0.25, -0.2) is 0 Å². The Bertz CT molecular complexity index is 1400. The quantitative estimate of drug-likeness (QED) is 0.228. The highest BCUT2D eigenvalue weighted by Crippen LogP contribution is 2.31. The van der Waals surface area contributed by atoms with Gasteiger partial charge in [0.1, 0.15) is 12.4 Å². The van der Waals surface area contributed by atoms with Gasteiger partial charge < -0.3 is 9.64 Å². The number of allylic oxidation sites excluding steroid dienone is 3. The fraction of sp³-hybridized carbons (Fsp3) is 0.385. The van der Waals surface area contributed by atoms with Crippen molar-refractivity contribution in [2.24, 2.45) is 17.8 Å². The number of hydrogen-bond donors (Lipinski definition) is 0. The van der Waals surface area contributed by atoms with Gasteiger partial charge in [-0.2, -0.15) is 0 Å². The minimum Gasteiger partial charge on any atom is -0.491 e. The first-order chi connectivity index (χ1) is 20.7. The number of halogens is 3. The third kappa shape index (κ3) is 14.5. The Morgan fingerprint density at radius 3 is 2.02 bits per heavy atom. The van der Waals surface area contributed by atoms with Crippen molar-refractivity contribution in [1.82, 2.24) is 4.90 Å². The van der Waals surface area contributed by atoms with Gasteiger partial charge in [-0.3, -0.25) is 0 Å². The minimum atomic E-state index is 0.541. The van der Waals surface area contributed by atoms with Gasteiger partial charge in [0.2, 0.25) is 0 Å². The smallest absolute Gasteiger partial charge is 0.138 e. The summed E-state index contributed by atoms with van der Waals surface area (Å²) < 4.78 is 5.69. The van der Waals surface area contributed by atoms with E-state index in [-0.39, 0.29) is 0 Å². The molecule has 0 bridgehead atoms. The van der Waals surface area contributed by atoms with Gasteiger partial charge in [-0.05, 0) is 109 Å². The molecule has 0 amide bonds. The Kier molecular flexibility index (Phi) is 16.4. The standard InChI is InChI=1S/C15H22ClNO.C12H13Cl.C12H15Cl/c1-12(2)5-6-13-7-8-14(16)15(11-13)18-10-9-17(3)4;1-8(2)10-5-9-3-4-12(13)7-11(9)6-10;1-9(2)4-5-11-6-10(3)7-12(13)8-11/h5-8,11-12H,9-10H2,1-4H3;3-4,6-8H,5H2,1-2H3;4-9H,1-3H3/b6-5+;;5-4+. The van der Waals surface area contributed by atoms with E-state index >= 15 is 0 Å². The first-order valence-electron chi connectivity index (χ1n) is 15.4. The lowest BCUT2D eigenvalue weighted by atomic mass is 10.0. The normalized spacial score (nSPS) is 12.5. The Hall–Kier alpha value is -2.49. The van der Waals surface area contributed by atoms with Crippen molar-refractivity contribution in [2.75, 3.05) is 27.2 Å². The van der Waals surface area contributed by atoms with Crippen molar-refractivity contribution >= 4 is 53.0 Å². The average Bonchev–Trinajstić information content (AvgIpc) is 3.36. The number of likely N-dealkylation sites (N-methyl/N-ethyl adjacent to an activating group) is 1. The molecule has 1 aliphatic rings. The number of hydrogen-bond acceptors (Lipinski definition) is 2. The van der Waals surface area contributed by atoms with Gasteiger partial charge in [-0.15, -0.1) is 0 Å². The Morgan fingerprint density at radius 2 is 1.43 bits per heavy atom. The second kappa shape index (κ2) is 19.1. The van der Waals surface area contributed by atoms with E-state index in [1.807, 2.05) is 56.6 Å². The van der Waals surface area contributed by atoms with E-state index in [2.05, 4.69) is 95.9 Å². The molecule has 0 aromatic heterocycles. The van der Waals surface area contributed by atoms with Gasteiger partial charge in [0.15, 0.2) is 0 Å². The van der Waals surface area contributed by atoms with E-state index in [0.717, 1.165) is 34.3 Å². The maximum absolute atomic E-state index is 6.11. The zero-order valence-corrected chi connectivity index (χ0v) is 30.2. The average molecular weight is 655 g/mol. The van der Waals surface area contributed by atoms with Crippen LogP contribution >= 0.6 is 34.8 Å². The molecule has 0 unspecified atom stereocenters. The largest absolute Gasteiger partial charge is 0.491 e. The van der Waals surface area contributed by atoms with Crippen LogP contribution in [0.5, 0.6) is 5.75 Å². The first kappa shape index (κ1) is 37.7. The van der Waals surface area contributed by atoms with Gasteiger partial charge in [0, 0.05) is 16.6 Å². The molecule has 0 aliphatic heterocycles. The molecule has 0 spiro atoms. The maximum atomic E-state index is 6.11. The molecule has 0 saturated heterocycles. The molecule has 2 nitrogen and oxygen atoms in total. The second-order valence-electron chi connectivity index (χ2n) is 12.5. The zero-order valence-electron chi connectivity index (χ0n) is 27.9. The highest BCUT2D eigenvalue weighted by Gasteiger charge is 2.14. The van der Waals surface area contributed by atoms with E-state index in [1.165, 1.54) is 27.8 Å². The molecule has 0 atom stereocenters. The molecule has 0 N–H and O–H groups in total. The van der Waals surface area contributed by atoms with E-state index in [0.29, 0.717) is 29.4 Å². The number of rotatable bonds is 9. The summed E-state index contributed by atoms with van der Waals surface area (Å²) in [5, 5.41) is 2.30. The topological polar surface area (TPSA) is 12.5 Å². The molecule has 4 rings (SSSR count). The van der Waals surface area contributed by atoms with Crippen molar-refractivity contribution < 1.29 is 4.74 Å². The van der Waals surface area contributed by atoms with E-state index in [4.69, 9.17) is 39.5 Å². The summed E-state index contributed by atoms with van der Waals surface area (Å²) >= 11 is 18.0. The molecule has 3 aromatic rings. The summed E-state index contributed by atoms with van der Waals surface area (Å²) in [6.45, 7) is 16.7. The highest BCUT2D eigenvalue weighted by molar-refractivity contribution is 6.32. The molecular formula is C39H50Cl3NO. The van der Waals surface area contributed by atoms with Crippen molar-refractivity contribution in [3.63, 3.8) is 0 Å². The molecule has 44 heavy (non-hydrogen) atoms. The molecule has 1 aliphatic carbocycles. The van der Waals surface area contributed by atoms with Gasteiger partial charge in [0.25, 0.3) is 0 Å². The van der Waals surface area contributed by atoms with E-state index < -0.39 is 0 Å². The third-order valence-electron chi connectivity index (χ3n) is 6.75. The van der Waals surface area contributed by atoms with Crippen LogP contribution in [0.3, 0.4) is 0 Å². The van der Waals surface area contributed by atoms with E-state index in [9.17, 15) is 0 Å². The van der Waals surface area contributed by atoms with Crippen molar-refractivity contribution in [3.05, 3.63) is 115 Å². The fourth-order valence-corrected chi connectivity index (χ4v) is 4.89. The molecule has 0 heterocycles. The van der Waals surface area contributed by atoms with Gasteiger partial charge in [0.05, 0.1) is 5.02 Å². The lowest BCUT2D eigenvalue weighted by Crippen LogP contribution is -2.19. The van der Waals surface area contributed by atoms with Crippen LogP contribution in [0, 0.1) is 24.7 Å². The molecule has 5 heteroatoms. The van der Waals surface area contributed by atoms with Crippen molar-refractivity contribution in [3.8, 4) is 5.75 Å². The van der Waals surface area contributed by atoms with Crippen LogP contribution in [0.25, 0.3) is 18.2 Å². The first-order valence-corrected chi connectivity index (χ1v) is 16.6. The number of fused-ring (bicyclic) bond motifs is 1. The lowest BCUT2D eigenvalue weighted by molar-refractivity contribution is 0.261. The third-order valence-corrected chi connectivity index (χ3v) is 7.51. The monoisotopic (exact) mass is 653 g/mol. The van der Waals surface area contributed by atoms with Crippen LogP contribution in [0.4, 0.5) is 0 Å². The summed E-state index contributed by atoms with van der Waals surface area (Å²) in [4.78, 5) is 2.08. The highest BCUT2D eigenvalue weighted by atomic mass is 35.5. The summed E-state index contributed by atoms with van der Waals surface area (Å²) in [5.41, 5.74) is 7.73. The zero-order chi connectivity index (χ0) is 32.8. The molecule has 0 radical (unpaired) electrons. The van der Waals surface area contributed by atoms with Crippen LogP contribution in [0.2, 0.25) is 15.1 Å². The van der Waals surface area contributed by atoms with Crippen LogP contribution < -0.4 is 4.74 Å². The van der Waals surface area contributed by atoms with E-state index in [1.54, 1.807) is 0 Å². The number of ether oxygens (including phenoxy) is 1. The fourth-order valence-electron chi connectivity index (χ4n) is 4.24. The Balaban J connectivity index is 0.000000234. The second-order valence-corrected chi connectivity index (χ2v) is 13.8. The molecule has 0 saturated carbocycles. The Morgan fingerprint density at radius 1 is 0.773 bits per heavy atom. The number of aryl methyl sites for hydroxylation is 1. The minimum absolute atomic E-state index is 0.541. The lowest BCUT2D eigenvalue weighted by Gasteiger charge is -2.12. The molecule has 0 fully saturated rings. The number of benzene rings is 3. The summed E-state index contributed by atoms with van der Waals surface area (Å²) in [6, 6.07) is 18.1. The van der Waals surface area contributed by atoms with Crippen molar-refractivity contribution in [1.29, 1.82) is 0 Å². The van der Waals surface area contributed by atoms with Crippen LogP contribution in [-0.2, 0) is 6.42 Å². The predicted octanol–water partition coefficient (Wildman–Crippen LogP) is 12.2. The molecular weight excluding hydrogens is 605 g/mol. The van der Waals surface area contributed by atoms with Crippen molar-refractivity contribution in [2.45, 2.75) is 54.9 Å². The van der Waals surface area contributed by atoms with Gasteiger partial charge >= 0.3 is 0 Å².